The van der Waals surface area contributed by atoms with E-state index in [0.717, 1.165) is 6.26 Å². The maximum absolute atomic E-state index is 11.6. The van der Waals surface area contributed by atoms with Gasteiger partial charge in [0.2, 0.25) is 20.0 Å². The summed E-state index contributed by atoms with van der Waals surface area (Å²) in [7, 11) is -5.46. The van der Waals surface area contributed by atoms with Crippen molar-refractivity contribution < 1.29 is 26.4 Å². The van der Waals surface area contributed by atoms with Crippen LogP contribution in [0.3, 0.4) is 0 Å². The highest BCUT2D eigenvalue weighted by Gasteiger charge is 2.15. The number of methoxy groups -OCH3 is 1. The fourth-order valence-corrected chi connectivity index (χ4v) is 3.68. The van der Waals surface area contributed by atoms with Crippen LogP contribution in [0.1, 0.15) is 26.2 Å². The lowest BCUT2D eigenvalue weighted by molar-refractivity contribution is -0.140. The van der Waals surface area contributed by atoms with Crippen molar-refractivity contribution in [3.63, 3.8) is 0 Å². The first kappa shape index (κ1) is 20.3. The summed E-state index contributed by atoms with van der Waals surface area (Å²) in [5.41, 5.74) is 0. The summed E-state index contributed by atoms with van der Waals surface area (Å²) in [6, 6.07) is 0. The van der Waals surface area contributed by atoms with Crippen LogP contribution in [-0.2, 0) is 29.6 Å². The second-order valence-corrected chi connectivity index (χ2v) is 8.41. The van der Waals surface area contributed by atoms with Crippen LogP contribution in [0.4, 0.5) is 0 Å². The number of sulfonamides is 2. The smallest absolute Gasteiger partial charge is 0.305 e. The summed E-state index contributed by atoms with van der Waals surface area (Å²) in [5.74, 6) is -0.608. The van der Waals surface area contributed by atoms with Gasteiger partial charge in [-0.05, 0) is 12.8 Å². The molecule has 0 aliphatic rings. The normalized spacial score (nSPS) is 12.6. The van der Waals surface area contributed by atoms with E-state index in [0.29, 0.717) is 13.0 Å². The van der Waals surface area contributed by atoms with Crippen LogP contribution in [-0.4, -0.2) is 65.9 Å². The van der Waals surface area contributed by atoms with E-state index in [2.05, 4.69) is 9.46 Å². The van der Waals surface area contributed by atoms with Gasteiger partial charge >= 0.3 is 5.97 Å². The highest BCUT2D eigenvalue weighted by molar-refractivity contribution is 7.89. The first-order valence-electron chi connectivity index (χ1n) is 6.61. The Labute approximate surface area is 126 Å². The molecule has 0 amide bonds. The van der Waals surface area contributed by atoms with Gasteiger partial charge in [0.05, 0.1) is 19.1 Å². The van der Waals surface area contributed by atoms with Gasteiger partial charge in [-0.15, -0.1) is 0 Å². The maximum Gasteiger partial charge on any atom is 0.305 e. The molecule has 0 unspecified atom stereocenters. The summed E-state index contributed by atoms with van der Waals surface area (Å²) >= 11 is 0. The number of hydrogen-bond donors (Lipinski definition) is 1. The number of carbonyl (C=O) groups is 1. The predicted molar refractivity (Wildman–Crippen MR) is 79.7 cm³/mol. The molecular formula is C11H24N2O6S2. The number of esters is 1. The minimum Gasteiger partial charge on any atom is -0.469 e. The lowest BCUT2D eigenvalue weighted by Crippen LogP contribution is -2.34. The molecule has 0 radical (unpaired) electrons. The Hall–Kier alpha value is -0.710. The van der Waals surface area contributed by atoms with Crippen molar-refractivity contribution in [1.29, 1.82) is 0 Å². The molecular weight excluding hydrogens is 320 g/mol. The second-order valence-electron chi connectivity index (χ2n) is 4.50. The van der Waals surface area contributed by atoms with Gasteiger partial charge in [-0.1, -0.05) is 6.92 Å². The summed E-state index contributed by atoms with van der Waals surface area (Å²) < 4.78 is 54.0. The number of hydrogen-bond acceptors (Lipinski definition) is 6. The Balaban J connectivity index is 4.02. The fourth-order valence-electron chi connectivity index (χ4n) is 1.62. The zero-order valence-corrected chi connectivity index (χ0v) is 14.3. The molecule has 0 atom stereocenters. The van der Waals surface area contributed by atoms with Crippen LogP contribution in [0.15, 0.2) is 0 Å². The third-order valence-electron chi connectivity index (χ3n) is 2.75. The van der Waals surface area contributed by atoms with E-state index >= 15 is 0 Å². The molecule has 10 heteroatoms. The second kappa shape index (κ2) is 9.34. The van der Waals surface area contributed by atoms with Gasteiger partial charge in [-0.25, -0.2) is 25.9 Å². The van der Waals surface area contributed by atoms with Gasteiger partial charge in [0.25, 0.3) is 0 Å². The van der Waals surface area contributed by atoms with Crippen molar-refractivity contribution >= 4 is 26.0 Å². The Bertz CT molecular complexity index is 515. The van der Waals surface area contributed by atoms with Crippen molar-refractivity contribution in [2.45, 2.75) is 26.2 Å². The molecule has 0 aliphatic heterocycles. The van der Waals surface area contributed by atoms with Crippen molar-refractivity contribution in [3.05, 3.63) is 0 Å². The van der Waals surface area contributed by atoms with Crippen LogP contribution >= 0.6 is 0 Å². The van der Waals surface area contributed by atoms with Gasteiger partial charge in [0.1, 0.15) is 0 Å². The maximum atomic E-state index is 11.6. The van der Waals surface area contributed by atoms with Crippen molar-refractivity contribution in [1.82, 2.24) is 9.03 Å². The number of rotatable bonds is 11. The van der Waals surface area contributed by atoms with Gasteiger partial charge in [0, 0.05) is 26.1 Å². The monoisotopic (exact) mass is 344 g/mol. The van der Waals surface area contributed by atoms with Crippen molar-refractivity contribution in [2.24, 2.45) is 0 Å². The summed E-state index contributed by atoms with van der Waals surface area (Å²) in [5, 5.41) is 0. The standard InChI is InChI=1S/C11H24N2O6S2/c1-4-13(20(3,15)16)9-6-8-12-21(17,18)10-5-7-11(14)19-2/h12H,4-10H2,1-3H3. The lowest BCUT2D eigenvalue weighted by Gasteiger charge is -2.17. The third kappa shape index (κ3) is 9.77. The van der Waals surface area contributed by atoms with E-state index in [4.69, 9.17) is 0 Å². The predicted octanol–water partition coefficient (Wildman–Crippen LogP) is -0.469. The molecule has 8 nitrogen and oxygen atoms in total. The molecule has 0 aromatic carbocycles. The fraction of sp³-hybridized carbons (Fsp3) is 0.909. The average molecular weight is 344 g/mol. The van der Waals surface area contributed by atoms with E-state index in [-0.39, 0.29) is 31.7 Å². The van der Waals surface area contributed by atoms with E-state index in [1.54, 1.807) is 6.92 Å². The summed E-state index contributed by atoms with van der Waals surface area (Å²) in [6.07, 6.45) is 1.74. The summed E-state index contributed by atoms with van der Waals surface area (Å²) in [6.45, 7) is 2.50. The van der Waals surface area contributed by atoms with E-state index < -0.39 is 26.0 Å². The molecule has 0 saturated heterocycles. The van der Waals surface area contributed by atoms with E-state index in [1.165, 1.54) is 11.4 Å². The average Bonchev–Trinajstić information content (AvgIpc) is 2.36. The molecule has 0 aliphatic carbocycles. The third-order valence-corrected chi connectivity index (χ3v) is 5.60. The van der Waals surface area contributed by atoms with Crippen LogP contribution in [0.2, 0.25) is 0 Å². The van der Waals surface area contributed by atoms with Gasteiger partial charge in [0.15, 0.2) is 0 Å². The first-order valence-corrected chi connectivity index (χ1v) is 10.1. The molecule has 0 fully saturated rings. The van der Waals surface area contributed by atoms with Crippen LogP contribution in [0.25, 0.3) is 0 Å². The number of nitrogens with zero attached hydrogens (tertiary/aromatic N) is 1. The van der Waals surface area contributed by atoms with Crippen molar-refractivity contribution in [2.75, 3.05) is 38.8 Å². The van der Waals surface area contributed by atoms with Gasteiger partial charge in [-0.3, -0.25) is 4.79 Å². The van der Waals surface area contributed by atoms with Crippen molar-refractivity contribution in [3.8, 4) is 0 Å². The largest absolute Gasteiger partial charge is 0.469 e. The number of nitrogens with one attached hydrogen (secondary N) is 1. The molecule has 0 rings (SSSR count). The number of ether oxygens (including phenoxy) is 1. The molecule has 0 saturated carbocycles. The SMILES string of the molecule is CCN(CCCNS(=O)(=O)CCCC(=O)OC)S(C)(=O)=O. The molecule has 0 bridgehead atoms. The molecule has 1 N–H and O–H groups in total. The minimum absolute atomic E-state index is 0.0507. The highest BCUT2D eigenvalue weighted by Crippen LogP contribution is 2.00. The Morgan fingerprint density at radius 2 is 1.81 bits per heavy atom. The van der Waals surface area contributed by atoms with Gasteiger partial charge < -0.3 is 4.74 Å². The van der Waals surface area contributed by atoms with Gasteiger partial charge in [-0.2, -0.15) is 0 Å². The quantitative estimate of drug-likeness (QED) is 0.401. The molecule has 0 heterocycles. The van der Waals surface area contributed by atoms with Crippen LogP contribution in [0, 0.1) is 0 Å². The molecule has 21 heavy (non-hydrogen) atoms. The molecule has 126 valence electrons. The Kier molecular flexibility index (Phi) is 9.02. The van der Waals surface area contributed by atoms with E-state index in [9.17, 15) is 21.6 Å². The highest BCUT2D eigenvalue weighted by atomic mass is 32.2. The molecule has 0 aromatic rings. The zero-order chi connectivity index (χ0) is 16.5. The Morgan fingerprint density at radius 3 is 2.29 bits per heavy atom. The molecule has 0 spiro atoms. The molecule has 0 aromatic heterocycles. The first-order chi connectivity index (χ1) is 9.62. The van der Waals surface area contributed by atoms with Crippen LogP contribution in [0.5, 0.6) is 0 Å². The lowest BCUT2D eigenvalue weighted by atomic mass is 10.3. The topological polar surface area (TPSA) is 110 Å². The van der Waals surface area contributed by atoms with E-state index in [1.807, 2.05) is 0 Å². The van der Waals surface area contributed by atoms with Crippen LogP contribution < -0.4 is 4.72 Å². The number of carbonyl (C=O) groups excluding carboxylic acids is 1. The summed E-state index contributed by atoms with van der Waals surface area (Å²) in [4.78, 5) is 10.9. The minimum atomic E-state index is -3.45. The Morgan fingerprint density at radius 1 is 1.19 bits per heavy atom. The zero-order valence-electron chi connectivity index (χ0n) is 12.7.